The van der Waals surface area contributed by atoms with Gasteiger partial charge in [-0.05, 0) is 24.1 Å². The first-order chi connectivity index (χ1) is 7.24. The van der Waals surface area contributed by atoms with Gasteiger partial charge in [0.25, 0.3) is 5.56 Å². The van der Waals surface area contributed by atoms with Gasteiger partial charge >= 0.3 is 68.9 Å². The van der Waals surface area contributed by atoms with E-state index in [1.165, 1.54) is 0 Å². The molecule has 0 aliphatic carbocycles. The van der Waals surface area contributed by atoms with Crippen LogP contribution in [0.4, 0.5) is 0 Å². The zero-order valence-electron chi connectivity index (χ0n) is 10.6. The Morgan fingerprint density at radius 2 is 2.12 bits per heavy atom. The predicted octanol–water partition coefficient (Wildman–Crippen LogP) is -1.60. The summed E-state index contributed by atoms with van der Waals surface area (Å²) in [5.74, 6) is 0. The summed E-state index contributed by atoms with van der Waals surface area (Å²) in [5.41, 5.74) is 8.70. The molecule has 0 unspecified atom stereocenters. The van der Waals surface area contributed by atoms with Crippen LogP contribution in [0.1, 0.15) is 18.1 Å². The molecule has 86 valence electrons. The van der Waals surface area contributed by atoms with Crippen molar-refractivity contribution in [3.05, 3.63) is 47.2 Å². The molecule has 0 aromatic carbocycles. The minimum Gasteiger partial charge on any atom is -0.358 e. The number of pyridine rings is 2. The van der Waals surface area contributed by atoms with E-state index in [0.717, 1.165) is 22.2 Å². The molecular formula is C12H16CsN3O. The molecule has 17 heavy (non-hydrogen) atoms. The van der Waals surface area contributed by atoms with E-state index in [1.807, 2.05) is 19.1 Å². The fraction of sp³-hybridized carbons (Fsp3) is 0.250. The first-order valence-electron chi connectivity index (χ1n) is 4.95. The third kappa shape index (κ3) is 3.92. The molecule has 2 rings (SSSR count). The molecule has 4 nitrogen and oxygen atoms in total. The maximum absolute atomic E-state index is 11.5. The van der Waals surface area contributed by atoms with E-state index in [9.17, 15) is 4.79 Å². The zero-order valence-corrected chi connectivity index (χ0v) is 16.9. The number of nitrogens with zero attached hydrogens (tertiary/aromatic N) is 1. The van der Waals surface area contributed by atoms with Crippen LogP contribution in [0.3, 0.4) is 0 Å². The molecule has 5 heteroatoms. The van der Waals surface area contributed by atoms with Gasteiger partial charge in [0.2, 0.25) is 0 Å². The van der Waals surface area contributed by atoms with Crippen molar-refractivity contribution in [2.45, 2.75) is 19.9 Å². The van der Waals surface area contributed by atoms with Crippen molar-refractivity contribution in [2.24, 2.45) is 5.73 Å². The van der Waals surface area contributed by atoms with Gasteiger partial charge in [0.15, 0.2) is 0 Å². The van der Waals surface area contributed by atoms with Crippen LogP contribution in [0.15, 0.2) is 23.1 Å². The molecular weight excluding hydrogens is 335 g/mol. The fourth-order valence-electron chi connectivity index (χ4n) is 1.54. The number of aryl methyl sites for hydroxylation is 1. The molecule has 2 aromatic heterocycles. The quantitative estimate of drug-likeness (QED) is 0.641. The Kier molecular flexibility index (Phi) is 7.90. The average Bonchev–Trinajstić information content (AvgIpc) is 2.27. The molecule has 2 heterocycles. The Morgan fingerprint density at radius 3 is 2.71 bits per heavy atom. The monoisotopic (exact) mass is 351 g/mol. The van der Waals surface area contributed by atoms with Gasteiger partial charge in [0.05, 0.1) is 11.0 Å². The van der Waals surface area contributed by atoms with Crippen molar-refractivity contribution in [3.63, 3.8) is 0 Å². The number of rotatable bonds is 2. The number of hydrogen-bond donors (Lipinski definition) is 2. The van der Waals surface area contributed by atoms with E-state index in [4.69, 9.17) is 5.73 Å². The van der Waals surface area contributed by atoms with E-state index < -0.39 is 0 Å². The van der Waals surface area contributed by atoms with Crippen molar-refractivity contribution in [2.75, 3.05) is 0 Å². The summed E-state index contributed by atoms with van der Waals surface area (Å²) in [4.78, 5) is 18.6. The number of aromatic nitrogens is 2. The molecule has 0 atom stereocenters. The number of aromatic amines is 1. The van der Waals surface area contributed by atoms with Crippen LogP contribution < -0.4 is 80.2 Å². The van der Waals surface area contributed by atoms with Gasteiger partial charge in [0, 0.05) is 18.3 Å². The smallest absolute Gasteiger partial charge is 0.358 e. The van der Waals surface area contributed by atoms with Gasteiger partial charge in [-0.2, -0.15) is 0 Å². The van der Waals surface area contributed by atoms with Crippen LogP contribution in [0, 0.1) is 7.43 Å². The number of fused-ring (bicyclic) bond motifs is 1. The van der Waals surface area contributed by atoms with Gasteiger partial charge in [0.1, 0.15) is 0 Å². The van der Waals surface area contributed by atoms with Gasteiger partial charge in [-0.1, -0.05) is 6.92 Å². The third-order valence-corrected chi connectivity index (χ3v) is 2.44. The molecule has 3 N–H and O–H groups in total. The Morgan fingerprint density at radius 1 is 1.41 bits per heavy atom. The van der Waals surface area contributed by atoms with E-state index in [0.29, 0.717) is 13.0 Å². The van der Waals surface area contributed by atoms with Gasteiger partial charge in [-0.15, -0.1) is 0 Å². The van der Waals surface area contributed by atoms with Crippen LogP contribution in [0.5, 0.6) is 0 Å². The topological polar surface area (TPSA) is 71.8 Å². The Labute approximate surface area is 160 Å². The molecule has 0 amide bonds. The van der Waals surface area contributed by atoms with E-state index in [1.54, 1.807) is 6.20 Å². The van der Waals surface area contributed by atoms with Crippen molar-refractivity contribution in [1.29, 1.82) is 0 Å². The van der Waals surface area contributed by atoms with Gasteiger partial charge in [-0.25, -0.2) is 0 Å². The fourth-order valence-corrected chi connectivity index (χ4v) is 1.54. The molecule has 0 saturated carbocycles. The van der Waals surface area contributed by atoms with Gasteiger partial charge < -0.3 is 18.1 Å². The van der Waals surface area contributed by atoms with Crippen LogP contribution >= 0.6 is 0 Å². The van der Waals surface area contributed by atoms with Crippen molar-refractivity contribution in [3.8, 4) is 0 Å². The summed E-state index contributed by atoms with van der Waals surface area (Å²) in [6, 6.07) is 3.69. The molecule has 0 aliphatic rings. The number of nitrogens with two attached hydrogens (primary N) is 1. The second-order valence-corrected chi connectivity index (χ2v) is 3.46. The number of H-pyrrole nitrogens is 1. The van der Waals surface area contributed by atoms with Crippen molar-refractivity contribution >= 4 is 11.0 Å². The number of nitrogens with one attached hydrogen (secondary N) is 1. The van der Waals surface area contributed by atoms with Crippen LogP contribution in [0.25, 0.3) is 11.0 Å². The summed E-state index contributed by atoms with van der Waals surface area (Å²) in [6.45, 7) is 2.38. The summed E-state index contributed by atoms with van der Waals surface area (Å²) in [5, 5.41) is 0. The molecule has 0 radical (unpaired) electrons. The molecule has 0 aliphatic heterocycles. The largest absolute Gasteiger partial charge is 1.00 e. The molecule has 0 fully saturated rings. The zero-order chi connectivity index (χ0) is 10.8. The number of hydrogen-bond acceptors (Lipinski definition) is 3. The van der Waals surface area contributed by atoms with E-state index in [2.05, 4.69) is 9.97 Å². The minimum atomic E-state index is -0.0408. The Balaban J connectivity index is 0.00000128. The maximum Gasteiger partial charge on any atom is 1.00 e. The summed E-state index contributed by atoms with van der Waals surface area (Å²) >= 11 is 0. The Bertz CT molecular complexity index is 551. The first kappa shape index (κ1) is 17.4. The summed E-state index contributed by atoms with van der Waals surface area (Å²) in [7, 11) is 0. The van der Waals surface area contributed by atoms with Crippen LogP contribution in [-0.4, -0.2) is 9.97 Å². The van der Waals surface area contributed by atoms with Crippen molar-refractivity contribution < 1.29 is 68.9 Å². The van der Waals surface area contributed by atoms with Crippen LogP contribution in [0.2, 0.25) is 0 Å². The first-order valence-corrected chi connectivity index (χ1v) is 4.95. The third-order valence-electron chi connectivity index (χ3n) is 2.44. The molecule has 0 bridgehead atoms. The average molecular weight is 351 g/mol. The Hall–Kier alpha value is 0.372. The SMILES string of the molecule is CCc1cc2ncc(CN)cc2[nH]c1=O.[CH3-].[Cs+]. The van der Waals surface area contributed by atoms with Crippen LogP contribution in [-0.2, 0) is 13.0 Å². The maximum atomic E-state index is 11.5. The summed E-state index contributed by atoms with van der Waals surface area (Å²) < 4.78 is 0. The second kappa shape index (κ2) is 7.73. The molecule has 0 saturated heterocycles. The molecule has 0 spiro atoms. The normalized spacial score (nSPS) is 9.53. The minimum absolute atomic E-state index is 0. The predicted molar refractivity (Wildman–Crippen MR) is 66.0 cm³/mol. The second-order valence-electron chi connectivity index (χ2n) is 3.46. The van der Waals surface area contributed by atoms with Crippen molar-refractivity contribution in [1.82, 2.24) is 9.97 Å². The van der Waals surface area contributed by atoms with E-state index in [-0.39, 0.29) is 81.9 Å². The summed E-state index contributed by atoms with van der Waals surface area (Å²) in [6.07, 6.45) is 2.45. The standard InChI is InChI=1S/C11H13N3O.CH3.Cs/c1-2-8-4-9-10(14-11(8)15)3-7(5-12)6-13-9;;/h3-4,6H,2,5,12H2,1H3,(H,14,15);1H3;/q;-1;+1. The van der Waals surface area contributed by atoms with Gasteiger partial charge in [-0.3, -0.25) is 9.78 Å². The molecule has 2 aromatic rings. The van der Waals surface area contributed by atoms with E-state index >= 15 is 0 Å².